The van der Waals surface area contributed by atoms with Gasteiger partial charge >= 0.3 is 0 Å². The van der Waals surface area contributed by atoms with Gasteiger partial charge in [0.2, 0.25) is 5.91 Å². The second-order valence-electron chi connectivity index (χ2n) is 4.62. The van der Waals surface area contributed by atoms with Crippen molar-refractivity contribution < 1.29 is 9.18 Å². The highest BCUT2D eigenvalue weighted by atomic mass is 35.5. The lowest BCUT2D eigenvalue weighted by Crippen LogP contribution is -2.42. The highest BCUT2D eigenvalue weighted by molar-refractivity contribution is 7.99. The van der Waals surface area contributed by atoms with E-state index in [1.54, 1.807) is 18.2 Å². The van der Waals surface area contributed by atoms with Gasteiger partial charge in [0.05, 0.1) is 0 Å². The minimum Gasteiger partial charge on any atom is -0.353 e. The van der Waals surface area contributed by atoms with Crippen molar-refractivity contribution >= 4 is 30.1 Å². The van der Waals surface area contributed by atoms with E-state index in [0.29, 0.717) is 23.1 Å². The van der Waals surface area contributed by atoms with Gasteiger partial charge in [-0.05, 0) is 38.1 Å². The molecule has 0 aromatic heterocycles. The van der Waals surface area contributed by atoms with Crippen LogP contribution < -0.4 is 10.6 Å². The number of halogens is 2. The van der Waals surface area contributed by atoms with Gasteiger partial charge < -0.3 is 10.6 Å². The lowest BCUT2D eigenvalue weighted by atomic mass is 10.1. The molecule has 0 atom stereocenters. The Morgan fingerprint density at radius 2 is 2.05 bits per heavy atom. The molecule has 0 aliphatic carbocycles. The third-order valence-electron chi connectivity index (χ3n) is 3.13. The maximum Gasteiger partial charge on any atom is 0.221 e. The molecule has 2 N–H and O–H groups in total. The van der Waals surface area contributed by atoms with Gasteiger partial charge in [-0.2, -0.15) is 0 Å². The summed E-state index contributed by atoms with van der Waals surface area (Å²) in [6.45, 7) is 1.93. The molecule has 1 aliphatic heterocycles. The molecule has 0 spiro atoms. The Labute approximate surface area is 129 Å². The largest absolute Gasteiger partial charge is 0.353 e. The lowest BCUT2D eigenvalue weighted by molar-refractivity contribution is -0.121. The molecule has 1 fully saturated rings. The van der Waals surface area contributed by atoms with E-state index in [1.165, 1.54) is 17.8 Å². The molecule has 2 rings (SSSR count). The molecule has 1 amide bonds. The van der Waals surface area contributed by atoms with Crippen LogP contribution in [0.4, 0.5) is 4.39 Å². The number of piperidine rings is 1. The Morgan fingerprint density at radius 3 is 2.75 bits per heavy atom. The second-order valence-corrected chi connectivity index (χ2v) is 5.76. The molecule has 1 aromatic carbocycles. The van der Waals surface area contributed by atoms with Crippen LogP contribution in [0.15, 0.2) is 29.2 Å². The standard InChI is InChI=1S/C14H19FN2OS.ClH/c15-12-3-1-2-4-13(12)19-10-7-14(18)17-11-5-8-16-9-6-11;/h1-4,11,16H,5-10H2,(H,17,18);1H. The number of carbonyl (C=O) groups is 1. The van der Waals surface area contributed by atoms with Gasteiger partial charge in [-0.15, -0.1) is 24.2 Å². The van der Waals surface area contributed by atoms with Crippen molar-refractivity contribution in [3.63, 3.8) is 0 Å². The summed E-state index contributed by atoms with van der Waals surface area (Å²) >= 11 is 1.39. The number of hydrogen-bond acceptors (Lipinski definition) is 3. The van der Waals surface area contributed by atoms with Crippen molar-refractivity contribution in [1.29, 1.82) is 0 Å². The first-order chi connectivity index (χ1) is 9.25. The number of amides is 1. The van der Waals surface area contributed by atoms with Crippen LogP contribution in [0.25, 0.3) is 0 Å². The monoisotopic (exact) mass is 318 g/mol. The molecule has 1 saturated heterocycles. The van der Waals surface area contributed by atoms with Crippen LogP contribution >= 0.6 is 24.2 Å². The summed E-state index contributed by atoms with van der Waals surface area (Å²) in [4.78, 5) is 12.4. The SMILES string of the molecule is Cl.O=C(CCSc1ccccc1F)NC1CCNCC1. The minimum absolute atomic E-state index is 0. The summed E-state index contributed by atoms with van der Waals surface area (Å²) in [6.07, 6.45) is 2.42. The summed E-state index contributed by atoms with van der Waals surface area (Å²) in [5, 5.41) is 6.30. The molecular weight excluding hydrogens is 299 g/mol. The van der Waals surface area contributed by atoms with Crippen molar-refractivity contribution in [2.45, 2.75) is 30.2 Å². The van der Waals surface area contributed by atoms with E-state index in [1.807, 2.05) is 0 Å². The first-order valence-electron chi connectivity index (χ1n) is 6.63. The smallest absolute Gasteiger partial charge is 0.221 e. The maximum absolute atomic E-state index is 13.4. The Hall–Kier alpha value is -0.780. The van der Waals surface area contributed by atoms with E-state index in [4.69, 9.17) is 0 Å². The van der Waals surface area contributed by atoms with Crippen molar-refractivity contribution in [3.8, 4) is 0 Å². The molecular formula is C14H20ClFN2OS. The maximum atomic E-state index is 13.4. The van der Waals surface area contributed by atoms with Gasteiger partial charge in [0, 0.05) is 23.1 Å². The van der Waals surface area contributed by atoms with Gasteiger partial charge in [0.25, 0.3) is 0 Å². The third kappa shape index (κ3) is 5.69. The van der Waals surface area contributed by atoms with Gasteiger partial charge in [-0.3, -0.25) is 4.79 Å². The molecule has 1 aromatic rings. The summed E-state index contributed by atoms with van der Waals surface area (Å²) < 4.78 is 13.4. The molecule has 0 unspecified atom stereocenters. The van der Waals surface area contributed by atoms with Crippen LogP contribution in [0.5, 0.6) is 0 Å². The first kappa shape index (κ1) is 17.3. The summed E-state index contributed by atoms with van der Waals surface area (Å²) in [5.41, 5.74) is 0. The fraction of sp³-hybridized carbons (Fsp3) is 0.500. The summed E-state index contributed by atoms with van der Waals surface area (Å²) in [7, 11) is 0. The van der Waals surface area contributed by atoms with E-state index >= 15 is 0 Å². The minimum atomic E-state index is -0.216. The predicted octanol–water partition coefficient (Wildman–Crippen LogP) is 2.60. The Morgan fingerprint density at radius 1 is 1.35 bits per heavy atom. The lowest BCUT2D eigenvalue weighted by Gasteiger charge is -2.23. The number of thioether (sulfide) groups is 1. The fourth-order valence-corrected chi connectivity index (χ4v) is 2.97. The number of nitrogens with one attached hydrogen (secondary N) is 2. The van der Waals surface area contributed by atoms with Crippen LogP contribution in [0.3, 0.4) is 0 Å². The van der Waals surface area contributed by atoms with Crippen molar-refractivity contribution in [3.05, 3.63) is 30.1 Å². The van der Waals surface area contributed by atoms with Gasteiger partial charge in [-0.25, -0.2) is 4.39 Å². The van der Waals surface area contributed by atoms with Gasteiger partial charge in [-0.1, -0.05) is 12.1 Å². The molecule has 20 heavy (non-hydrogen) atoms. The highest BCUT2D eigenvalue weighted by Crippen LogP contribution is 2.21. The molecule has 3 nitrogen and oxygen atoms in total. The first-order valence-corrected chi connectivity index (χ1v) is 7.61. The third-order valence-corrected chi connectivity index (χ3v) is 4.18. The fourth-order valence-electron chi connectivity index (χ4n) is 2.08. The molecule has 0 radical (unpaired) electrons. The number of hydrogen-bond donors (Lipinski definition) is 2. The molecule has 1 heterocycles. The molecule has 1 aliphatic rings. The summed E-state index contributed by atoms with van der Waals surface area (Å²) in [5.74, 6) is 0.458. The van der Waals surface area contributed by atoms with Crippen LogP contribution in [0, 0.1) is 5.82 Å². The molecule has 0 saturated carbocycles. The Balaban J connectivity index is 0.00000200. The molecule has 6 heteroatoms. The Kier molecular flexibility index (Phi) is 7.95. The number of carbonyl (C=O) groups excluding carboxylic acids is 1. The zero-order valence-corrected chi connectivity index (χ0v) is 12.9. The number of rotatable bonds is 5. The van der Waals surface area contributed by atoms with E-state index in [9.17, 15) is 9.18 Å². The topological polar surface area (TPSA) is 41.1 Å². The normalized spacial score (nSPS) is 15.4. The van der Waals surface area contributed by atoms with Crippen LogP contribution in [-0.4, -0.2) is 30.8 Å². The van der Waals surface area contributed by atoms with Crippen molar-refractivity contribution in [2.75, 3.05) is 18.8 Å². The van der Waals surface area contributed by atoms with Crippen LogP contribution in [0.2, 0.25) is 0 Å². The zero-order valence-electron chi connectivity index (χ0n) is 11.2. The van der Waals surface area contributed by atoms with Crippen molar-refractivity contribution in [2.24, 2.45) is 0 Å². The van der Waals surface area contributed by atoms with E-state index in [0.717, 1.165) is 25.9 Å². The van der Waals surface area contributed by atoms with Crippen LogP contribution in [0.1, 0.15) is 19.3 Å². The van der Waals surface area contributed by atoms with Gasteiger partial charge in [0.15, 0.2) is 0 Å². The zero-order chi connectivity index (χ0) is 13.5. The van der Waals surface area contributed by atoms with Crippen LogP contribution in [-0.2, 0) is 4.79 Å². The second kappa shape index (κ2) is 9.21. The van der Waals surface area contributed by atoms with Gasteiger partial charge in [0.1, 0.15) is 5.82 Å². The van der Waals surface area contributed by atoms with Crippen molar-refractivity contribution in [1.82, 2.24) is 10.6 Å². The quantitative estimate of drug-likeness (QED) is 0.820. The molecule has 0 bridgehead atoms. The predicted molar refractivity (Wildman–Crippen MR) is 83.0 cm³/mol. The van der Waals surface area contributed by atoms with E-state index < -0.39 is 0 Å². The molecule has 112 valence electrons. The Bertz CT molecular complexity index is 427. The number of benzene rings is 1. The highest BCUT2D eigenvalue weighted by Gasteiger charge is 2.15. The van der Waals surface area contributed by atoms with E-state index in [2.05, 4.69) is 10.6 Å². The average molecular weight is 319 g/mol. The average Bonchev–Trinajstić information content (AvgIpc) is 2.42. The summed E-state index contributed by atoms with van der Waals surface area (Å²) in [6, 6.07) is 6.96. The van der Waals surface area contributed by atoms with E-state index in [-0.39, 0.29) is 24.1 Å².